The Morgan fingerprint density at radius 2 is 2.18 bits per heavy atom. The monoisotopic (exact) mass is 346 g/mol. The lowest BCUT2D eigenvalue weighted by Gasteiger charge is -2.38. The minimum atomic E-state index is 0.248. The Morgan fingerprint density at radius 1 is 1.35 bits per heavy atom. The highest BCUT2D eigenvalue weighted by molar-refractivity contribution is 14.1. The van der Waals surface area contributed by atoms with Gasteiger partial charge in [-0.3, -0.25) is 4.79 Å². The number of rotatable bonds is 3. The quantitative estimate of drug-likeness (QED) is 0.406. The summed E-state index contributed by atoms with van der Waals surface area (Å²) in [5, 5.41) is 0. The largest absolute Gasteiger partial charge is 0.299 e. The van der Waals surface area contributed by atoms with E-state index in [1.54, 1.807) is 5.57 Å². The number of Topliss-reactive ketones (excluding diaryl/α,β-unsaturated/α-hetero) is 1. The van der Waals surface area contributed by atoms with Gasteiger partial charge in [0.1, 0.15) is 5.78 Å². The predicted molar refractivity (Wildman–Crippen MR) is 80.6 cm³/mol. The average molecular weight is 346 g/mol. The molecule has 0 saturated heterocycles. The van der Waals surface area contributed by atoms with Crippen LogP contribution in [0.2, 0.25) is 0 Å². The predicted octanol–water partition coefficient (Wildman–Crippen LogP) is 4.83. The minimum Gasteiger partial charge on any atom is -0.299 e. The fraction of sp³-hybridized carbons (Fsp3) is 0.800. The van der Waals surface area contributed by atoms with Crippen molar-refractivity contribution in [1.82, 2.24) is 0 Å². The molecule has 0 amide bonds. The summed E-state index contributed by atoms with van der Waals surface area (Å²) in [5.41, 5.74) is 1.91. The summed E-state index contributed by atoms with van der Waals surface area (Å²) in [7, 11) is 0. The molecule has 2 unspecified atom stereocenters. The van der Waals surface area contributed by atoms with E-state index in [4.69, 9.17) is 0 Å². The molecule has 0 aromatic heterocycles. The number of allylic oxidation sites excluding steroid dienone is 2. The summed E-state index contributed by atoms with van der Waals surface area (Å²) in [6.07, 6.45) is 13.3. The van der Waals surface area contributed by atoms with E-state index in [-0.39, 0.29) is 9.34 Å². The molecule has 0 heterocycles. The molecule has 96 valence electrons. The van der Waals surface area contributed by atoms with E-state index >= 15 is 0 Å². The summed E-state index contributed by atoms with van der Waals surface area (Å²) in [6, 6.07) is 0. The Morgan fingerprint density at radius 3 is 2.88 bits per heavy atom. The zero-order valence-electron chi connectivity index (χ0n) is 10.8. The van der Waals surface area contributed by atoms with Crippen molar-refractivity contribution >= 4 is 28.4 Å². The molecule has 2 rings (SSSR count). The van der Waals surface area contributed by atoms with Crippen molar-refractivity contribution in [3.8, 4) is 0 Å². The Kier molecular flexibility index (Phi) is 4.67. The maximum absolute atomic E-state index is 11.8. The molecule has 1 saturated carbocycles. The highest BCUT2D eigenvalue weighted by Crippen LogP contribution is 2.43. The Labute approximate surface area is 119 Å². The van der Waals surface area contributed by atoms with Gasteiger partial charge in [0.05, 0.1) is 3.92 Å². The second-order valence-electron chi connectivity index (χ2n) is 5.94. The highest BCUT2D eigenvalue weighted by atomic mass is 127. The summed E-state index contributed by atoms with van der Waals surface area (Å²) < 4.78 is 0.248. The van der Waals surface area contributed by atoms with Crippen LogP contribution in [0.3, 0.4) is 0 Å². The average Bonchev–Trinajstić information content (AvgIpc) is 2.35. The first-order valence-corrected chi connectivity index (χ1v) is 8.21. The van der Waals surface area contributed by atoms with Gasteiger partial charge in [-0.25, -0.2) is 0 Å². The second-order valence-corrected chi connectivity index (χ2v) is 7.19. The van der Waals surface area contributed by atoms with Gasteiger partial charge in [-0.05, 0) is 56.8 Å². The van der Waals surface area contributed by atoms with Crippen LogP contribution in [-0.4, -0.2) is 9.71 Å². The molecule has 0 bridgehead atoms. The van der Waals surface area contributed by atoms with Crippen LogP contribution in [0.5, 0.6) is 0 Å². The van der Waals surface area contributed by atoms with Crippen LogP contribution >= 0.6 is 22.6 Å². The maximum atomic E-state index is 11.8. The molecule has 2 heteroatoms. The lowest BCUT2D eigenvalue weighted by atomic mass is 9.71. The molecule has 0 N–H and O–H groups in total. The van der Waals surface area contributed by atoms with Crippen LogP contribution in [0.15, 0.2) is 11.6 Å². The van der Waals surface area contributed by atoms with Crippen molar-refractivity contribution in [3.05, 3.63) is 11.6 Å². The van der Waals surface area contributed by atoms with Gasteiger partial charge in [-0.1, -0.05) is 41.2 Å². The standard InChI is InChI=1S/C15H23IO/c1-15(10-5-8-13(17)14(15)16)11-9-12-6-3-2-4-7-12/h6,14H,2-5,7-11H2,1H3. The van der Waals surface area contributed by atoms with Gasteiger partial charge < -0.3 is 0 Å². The van der Waals surface area contributed by atoms with Gasteiger partial charge in [0, 0.05) is 6.42 Å². The van der Waals surface area contributed by atoms with Crippen molar-refractivity contribution in [1.29, 1.82) is 0 Å². The molecule has 1 nitrogen and oxygen atoms in total. The highest BCUT2D eigenvalue weighted by Gasteiger charge is 2.39. The molecular formula is C15H23IO. The summed E-state index contributed by atoms with van der Waals surface area (Å²) in [5.74, 6) is 0.483. The van der Waals surface area contributed by atoms with E-state index in [2.05, 4.69) is 35.6 Å². The number of hydrogen-bond donors (Lipinski definition) is 0. The van der Waals surface area contributed by atoms with Crippen molar-refractivity contribution < 1.29 is 4.79 Å². The van der Waals surface area contributed by atoms with Gasteiger partial charge in [0.2, 0.25) is 0 Å². The Bertz CT molecular complexity index is 321. The Balaban J connectivity index is 1.92. The third-order valence-electron chi connectivity index (χ3n) is 4.47. The summed E-state index contributed by atoms with van der Waals surface area (Å²) in [6.45, 7) is 2.32. The third-order valence-corrected chi connectivity index (χ3v) is 6.67. The van der Waals surface area contributed by atoms with E-state index in [0.717, 1.165) is 12.8 Å². The van der Waals surface area contributed by atoms with Crippen molar-refractivity contribution in [3.63, 3.8) is 0 Å². The first kappa shape index (κ1) is 13.6. The van der Waals surface area contributed by atoms with E-state index in [1.165, 1.54) is 44.9 Å². The maximum Gasteiger partial charge on any atom is 0.146 e. The van der Waals surface area contributed by atoms with Crippen LogP contribution in [0.25, 0.3) is 0 Å². The lowest BCUT2D eigenvalue weighted by Crippen LogP contribution is -2.38. The minimum absolute atomic E-state index is 0.248. The van der Waals surface area contributed by atoms with Gasteiger partial charge >= 0.3 is 0 Å². The van der Waals surface area contributed by atoms with Crippen LogP contribution < -0.4 is 0 Å². The normalized spacial score (nSPS) is 34.6. The SMILES string of the molecule is CC1(CCC2=CCCCC2)CCCC(=O)C1I. The summed E-state index contributed by atoms with van der Waals surface area (Å²) >= 11 is 2.39. The van der Waals surface area contributed by atoms with Crippen molar-refractivity contribution in [2.75, 3.05) is 0 Å². The molecule has 2 aliphatic rings. The fourth-order valence-corrected chi connectivity index (χ4v) is 4.07. The topological polar surface area (TPSA) is 17.1 Å². The van der Waals surface area contributed by atoms with Gasteiger partial charge in [0.25, 0.3) is 0 Å². The number of hydrogen-bond acceptors (Lipinski definition) is 1. The van der Waals surface area contributed by atoms with Gasteiger partial charge in [-0.2, -0.15) is 0 Å². The first-order valence-electron chi connectivity index (χ1n) is 6.96. The van der Waals surface area contributed by atoms with Crippen molar-refractivity contribution in [2.24, 2.45) is 5.41 Å². The van der Waals surface area contributed by atoms with Crippen LogP contribution in [-0.2, 0) is 4.79 Å². The zero-order valence-corrected chi connectivity index (χ0v) is 13.0. The molecule has 0 aromatic rings. The van der Waals surface area contributed by atoms with E-state index in [1.807, 2.05) is 0 Å². The molecule has 17 heavy (non-hydrogen) atoms. The number of alkyl halides is 1. The van der Waals surface area contributed by atoms with Gasteiger partial charge in [-0.15, -0.1) is 0 Å². The van der Waals surface area contributed by atoms with Crippen molar-refractivity contribution in [2.45, 2.75) is 68.6 Å². The molecule has 0 aliphatic heterocycles. The van der Waals surface area contributed by atoms with E-state index < -0.39 is 0 Å². The number of carbonyl (C=O) groups excluding carboxylic acids is 1. The van der Waals surface area contributed by atoms with E-state index in [0.29, 0.717) is 5.78 Å². The van der Waals surface area contributed by atoms with Crippen LogP contribution in [0.4, 0.5) is 0 Å². The summed E-state index contributed by atoms with van der Waals surface area (Å²) in [4.78, 5) is 11.8. The molecule has 1 fully saturated rings. The number of ketones is 1. The first-order chi connectivity index (χ1) is 8.12. The third kappa shape index (κ3) is 3.33. The van der Waals surface area contributed by atoms with Crippen LogP contribution in [0.1, 0.15) is 64.7 Å². The van der Waals surface area contributed by atoms with E-state index in [9.17, 15) is 4.79 Å². The number of carbonyl (C=O) groups is 1. The molecule has 2 aliphatic carbocycles. The van der Waals surface area contributed by atoms with Gasteiger partial charge in [0.15, 0.2) is 0 Å². The number of halogens is 1. The van der Waals surface area contributed by atoms with Crippen LogP contribution in [0, 0.1) is 5.41 Å². The Hall–Kier alpha value is 0.140. The fourth-order valence-electron chi connectivity index (χ4n) is 3.14. The molecule has 0 radical (unpaired) electrons. The lowest BCUT2D eigenvalue weighted by molar-refractivity contribution is -0.122. The smallest absolute Gasteiger partial charge is 0.146 e. The second kappa shape index (κ2) is 5.85. The molecule has 0 aromatic carbocycles. The molecule has 0 spiro atoms. The molecule has 2 atom stereocenters. The zero-order chi connectivity index (χ0) is 12.3. The molecular weight excluding hydrogens is 323 g/mol.